The summed E-state index contributed by atoms with van der Waals surface area (Å²) in [5, 5.41) is 20.6. The first-order chi connectivity index (χ1) is 12.6. The van der Waals surface area contributed by atoms with Crippen LogP contribution in [0.25, 0.3) is 0 Å². The van der Waals surface area contributed by atoms with E-state index in [0.29, 0.717) is 12.0 Å². The molecule has 4 nitrogen and oxygen atoms in total. The van der Waals surface area contributed by atoms with Crippen molar-refractivity contribution in [2.75, 3.05) is 6.61 Å². The Morgan fingerprint density at radius 1 is 1.33 bits per heavy atom. The van der Waals surface area contributed by atoms with Crippen molar-refractivity contribution in [3.8, 4) is 0 Å². The van der Waals surface area contributed by atoms with Crippen molar-refractivity contribution in [3.63, 3.8) is 0 Å². The van der Waals surface area contributed by atoms with Crippen molar-refractivity contribution in [2.45, 2.75) is 52.3 Å². The lowest BCUT2D eigenvalue weighted by Gasteiger charge is -2.59. The van der Waals surface area contributed by atoms with Crippen LogP contribution in [-0.2, 0) is 9.59 Å². The molecule has 0 radical (unpaired) electrons. The van der Waals surface area contributed by atoms with Crippen LogP contribution in [0.3, 0.4) is 0 Å². The highest BCUT2D eigenvalue weighted by molar-refractivity contribution is 6.01. The summed E-state index contributed by atoms with van der Waals surface area (Å²) >= 11 is 0. The topological polar surface area (TPSA) is 74.6 Å². The van der Waals surface area contributed by atoms with E-state index in [1.54, 1.807) is 6.08 Å². The van der Waals surface area contributed by atoms with Crippen molar-refractivity contribution < 1.29 is 24.2 Å². The minimum absolute atomic E-state index is 0.0484. The molecule has 2 N–H and O–H groups in total. The van der Waals surface area contributed by atoms with E-state index in [4.69, 9.17) is 0 Å². The first-order valence-electron chi connectivity index (χ1n) is 10.0. The largest absolute Gasteiger partial charge is 0.393 e. The van der Waals surface area contributed by atoms with E-state index in [2.05, 4.69) is 0 Å². The number of hydrogen-bond donors (Lipinski definition) is 2. The molecule has 0 spiro atoms. The van der Waals surface area contributed by atoms with Crippen molar-refractivity contribution in [1.29, 1.82) is 0 Å². The Morgan fingerprint density at radius 2 is 2.04 bits per heavy atom. The van der Waals surface area contributed by atoms with E-state index in [1.165, 1.54) is 12.2 Å². The van der Waals surface area contributed by atoms with Gasteiger partial charge in [0, 0.05) is 17.3 Å². The molecular weight excluding hydrogens is 347 g/mol. The van der Waals surface area contributed by atoms with Gasteiger partial charge in [0.05, 0.1) is 6.10 Å². The predicted octanol–water partition coefficient (Wildman–Crippen LogP) is 2.64. The van der Waals surface area contributed by atoms with Crippen molar-refractivity contribution >= 4 is 11.6 Å². The van der Waals surface area contributed by atoms with Gasteiger partial charge in [-0.2, -0.15) is 0 Å². The number of fused-ring (bicyclic) bond motifs is 5. The monoisotopic (exact) mass is 376 g/mol. The van der Waals surface area contributed by atoms with Gasteiger partial charge in [-0.3, -0.25) is 9.59 Å². The Balaban J connectivity index is 1.77. The summed E-state index contributed by atoms with van der Waals surface area (Å²) in [5.41, 5.74) is -0.599. The maximum absolute atomic E-state index is 15.2. The van der Waals surface area contributed by atoms with Crippen LogP contribution < -0.4 is 0 Å². The first-order valence-corrected chi connectivity index (χ1v) is 10.0. The molecule has 3 fully saturated rings. The van der Waals surface area contributed by atoms with Gasteiger partial charge in [-0.15, -0.1) is 0 Å². The summed E-state index contributed by atoms with van der Waals surface area (Å²) in [6.07, 6.45) is 4.39. The van der Waals surface area contributed by atoms with Crippen LogP contribution in [0, 0.1) is 40.4 Å². The standard InChI is InChI=1S/C22H29FO4/c1-11-6-14-13-8-16(23)15-7-12(25)4-5-21(15,2)20(13)17(26)9-22(14,3)19(11)18(27)10-24/h4-5,7,11,13-14,16-17,19-20,24,26H,6,8-10H2,1-3H3/t11-,13-,14-,16+,17+,19+,20+,21-,22-/m0/s1. The summed E-state index contributed by atoms with van der Waals surface area (Å²) < 4.78 is 15.2. The number of hydrogen-bond acceptors (Lipinski definition) is 4. The molecule has 27 heavy (non-hydrogen) atoms. The molecule has 3 saturated carbocycles. The summed E-state index contributed by atoms with van der Waals surface area (Å²) in [6.45, 7) is 5.53. The Hall–Kier alpha value is -1.33. The molecule has 0 aromatic heterocycles. The van der Waals surface area contributed by atoms with Gasteiger partial charge < -0.3 is 10.2 Å². The maximum atomic E-state index is 15.2. The molecule has 4 rings (SSSR count). The molecule has 0 heterocycles. The Labute approximate surface area is 159 Å². The molecule has 4 aliphatic carbocycles. The van der Waals surface area contributed by atoms with Gasteiger partial charge >= 0.3 is 0 Å². The molecule has 0 aromatic carbocycles. The number of aliphatic hydroxyl groups is 2. The van der Waals surface area contributed by atoms with E-state index in [1.807, 2.05) is 20.8 Å². The number of halogens is 1. The lowest BCUT2D eigenvalue weighted by atomic mass is 9.46. The maximum Gasteiger partial charge on any atom is 0.178 e. The van der Waals surface area contributed by atoms with Gasteiger partial charge in [0.2, 0.25) is 0 Å². The molecule has 0 unspecified atom stereocenters. The quantitative estimate of drug-likeness (QED) is 0.777. The number of carbonyl (C=O) groups is 2. The zero-order chi connectivity index (χ0) is 19.7. The molecule has 0 aliphatic heterocycles. The second kappa shape index (κ2) is 6.08. The number of ketones is 2. The van der Waals surface area contributed by atoms with Crippen LogP contribution in [0.1, 0.15) is 40.0 Å². The lowest BCUT2D eigenvalue weighted by Crippen LogP contribution is -2.58. The fraction of sp³-hybridized carbons (Fsp3) is 0.727. The van der Waals surface area contributed by atoms with E-state index < -0.39 is 29.7 Å². The normalized spacial score (nSPS) is 51.3. The molecule has 5 heteroatoms. The second-order valence-corrected chi connectivity index (χ2v) is 9.71. The van der Waals surface area contributed by atoms with Crippen LogP contribution >= 0.6 is 0 Å². The predicted molar refractivity (Wildman–Crippen MR) is 98.4 cm³/mol. The second-order valence-electron chi connectivity index (χ2n) is 9.71. The third-order valence-electron chi connectivity index (χ3n) is 8.32. The van der Waals surface area contributed by atoms with E-state index in [9.17, 15) is 19.8 Å². The lowest BCUT2D eigenvalue weighted by molar-refractivity contribution is -0.144. The highest BCUT2D eigenvalue weighted by Crippen LogP contribution is 2.67. The van der Waals surface area contributed by atoms with Gasteiger partial charge in [-0.1, -0.05) is 26.8 Å². The van der Waals surface area contributed by atoms with E-state index >= 15 is 4.39 Å². The smallest absolute Gasteiger partial charge is 0.178 e. The van der Waals surface area contributed by atoms with Gasteiger partial charge in [0.1, 0.15) is 12.8 Å². The third-order valence-corrected chi connectivity index (χ3v) is 8.32. The molecule has 0 bridgehead atoms. The van der Waals surface area contributed by atoms with Gasteiger partial charge in [-0.25, -0.2) is 4.39 Å². The molecule has 9 atom stereocenters. The first kappa shape index (κ1) is 19.0. The number of alkyl halides is 1. The van der Waals surface area contributed by atoms with Gasteiger partial charge in [-0.05, 0) is 60.2 Å². The van der Waals surface area contributed by atoms with Gasteiger partial charge in [0.25, 0.3) is 0 Å². The van der Waals surface area contributed by atoms with Crippen molar-refractivity contribution in [2.24, 2.45) is 40.4 Å². The number of aliphatic hydroxyl groups excluding tert-OH is 2. The van der Waals surface area contributed by atoms with E-state index in [-0.39, 0.29) is 47.6 Å². The SMILES string of the molecule is C[C@H]1C[C@H]2[C@@H]3C[C@@H](F)C4=CC(=O)C=C[C@]4(C)[C@H]3[C@H](O)C[C@]2(C)[C@H]1C(=O)CO. The zero-order valence-corrected chi connectivity index (χ0v) is 16.2. The highest BCUT2D eigenvalue weighted by Gasteiger charge is 2.65. The summed E-state index contributed by atoms with van der Waals surface area (Å²) in [4.78, 5) is 24.3. The highest BCUT2D eigenvalue weighted by atomic mass is 19.1. The molecule has 0 aromatic rings. The van der Waals surface area contributed by atoms with Crippen LogP contribution in [0.5, 0.6) is 0 Å². The van der Waals surface area contributed by atoms with Crippen LogP contribution in [0.4, 0.5) is 4.39 Å². The van der Waals surface area contributed by atoms with Gasteiger partial charge in [0.15, 0.2) is 11.6 Å². The Bertz CT molecular complexity index is 743. The summed E-state index contributed by atoms with van der Waals surface area (Å²) in [7, 11) is 0. The average molecular weight is 376 g/mol. The molecule has 0 saturated heterocycles. The number of carbonyl (C=O) groups excluding carboxylic acids is 2. The Morgan fingerprint density at radius 3 is 2.70 bits per heavy atom. The summed E-state index contributed by atoms with van der Waals surface area (Å²) in [6, 6.07) is 0. The molecule has 0 amide bonds. The average Bonchev–Trinajstić information content (AvgIpc) is 2.85. The zero-order valence-electron chi connectivity index (χ0n) is 16.2. The Kier molecular flexibility index (Phi) is 4.28. The minimum atomic E-state index is -1.21. The molecule has 4 aliphatic rings. The fourth-order valence-electron chi connectivity index (χ4n) is 7.49. The fourth-order valence-corrected chi connectivity index (χ4v) is 7.49. The number of Topliss-reactive ketones (excluding diaryl/α,β-unsaturated/α-hetero) is 1. The number of allylic oxidation sites excluding steroid dienone is 4. The third kappa shape index (κ3) is 2.47. The van der Waals surface area contributed by atoms with Crippen LogP contribution in [0.2, 0.25) is 0 Å². The van der Waals surface area contributed by atoms with Crippen molar-refractivity contribution in [3.05, 3.63) is 23.8 Å². The summed E-state index contributed by atoms with van der Waals surface area (Å²) in [5.74, 6) is -0.626. The van der Waals surface area contributed by atoms with Crippen LogP contribution in [-0.4, -0.2) is 40.7 Å². The minimum Gasteiger partial charge on any atom is -0.393 e. The van der Waals surface area contributed by atoms with E-state index in [0.717, 1.165) is 6.42 Å². The van der Waals surface area contributed by atoms with Crippen molar-refractivity contribution in [1.82, 2.24) is 0 Å². The number of rotatable bonds is 2. The molecule has 148 valence electrons. The van der Waals surface area contributed by atoms with Crippen LogP contribution in [0.15, 0.2) is 23.8 Å². The molecular formula is C22H29FO4.